The molecule has 2 amide bonds. The van der Waals surface area contributed by atoms with E-state index in [0.717, 1.165) is 11.3 Å². The average molecular weight is 333 g/mol. The highest BCUT2D eigenvalue weighted by Gasteiger charge is 2.16. The van der Waals surface area contributed by atoms with E-state index in [2.05, 4.69) is 10.3 Å². The summed E-state index contributed by atoms with van der Waals surface area (Å²) < 4.78 is 5.68. The quantitative estimate of drug-likeness (QED) is 0.882. The lowest BCUT2D eigenvalue weighted by atomic mass is 10.2. The second-order valence-corrected chi connectivity index (χ2v) is 5.92. The van der Waals surface area contributed by atoms with Gasteiger partial charge in [-0.3, -0.25) is 9.59 Å². The molecule has 23 heavy (non-hydrogen) atoms. The predicted molar refractivity (Wildman–Crippen MR) is 90.1 cm³/mol. The zero-order valence-corrected chi connectivity index (χ0v) is 14.1. The molecular weight excluding hydrogens is 314 g/mol. The molecule has 0 aliphatic rings. The van der Waals surface area contributed by atoms with Gasteiger partial charge in [-0.25, -0.2) is 4.98 Å². The first kappa shape index (κ1) is 17.0. The van der Waals surface area contributed by atoms with E-state index in [4.69, 9.17) is 4.74 Å². The number of amides is 2. The first-order chi connectivity index (χ1) is 11.0. The second kappa shape index (κ2) is 7.73. The van der Waals surface area contributed by atoms with Crippen LogP contribution in [0.4, 0.5) is 5.13 Å². The molecule has 1 aromatic carbocycles. The van der Waals surface area contributed by atoms with Crippen LogP contribution in [-0.2, 0) is 4.79 Å². The van der Waals surface area contributed by atoms with Crippen LogP contribution in [0.25, 0.3) is 0 Å². The number of carbonyl (C=O) groups excluding carboxylic acids is 2. The molecule has 0 radical (unpaired) electrons. The first-order valence-electron chi connectivity index (χ1n) is 7.14. The molecule has 122 valence electrons. The highest BCUT2D eigenvalue weighted by molar-refractivity contribution is 7.14. The Morgan fingerprint density at radius 2 is 2.09 bits per heavy atom. The summed E-state index contributed by atoms with van der Waals surface area (Å²) in [5.41, 5.74) is 1.37. The summed E-state index contributed by atoms with van der Waals surface area (Å²) in [4.78, 5) is 28.9. The molecule has 1 aromatic heterocycles. The number of aromatic nitrogens is 1. The summed E-state index contributed by atoms with van der Waals surface area (Å²) in [6.07, 6.45) is 0. The number of nitrogens with one attached hydrogen (secondary N) is 1. The number of ether oxygens (including phenoxy) is 1. The molecule has 0 atom stereocenters. The Labute approximate surface area is 139 Å². The van der Waals surface area contributed by atoms with Crippen molar-refractivity contribution >= 4 is 28.3 Å². The number of likely N-dealkylation sites (N-methyl/N-ethyl adjacent to an activating group) is 1. The molecule has 1 N–H and O–H groups in total. The van der Waals surface area contributed by atoms with Crippen LogP contribution in [0.5, 0.6) is 5.75 Å². The van der Waals surface area contributed by atoms with E-state index in [1.807, 2.05) is 31.2 Å². The Morgan fingerprint density at radius 3 is 2.78 bits per heavy atom. The number of thiazole rings is 1. The third-order valence-electron chi connectivity index (χ3n) is 3.13. The van der Waals surface area contributed by atoms with Crippen molar-refractivity contribution < 1.29 is 14.3 Å². The van der Waals surface area contributed by atoms with E-state index in [1.165, 1.54) is 18.3 Å². The number of hydrogen-bond acceptors (Lipinski definition) is 5. The van der Waals surface area contributed by atoms with Crippen molar-refractivity contribution in [3.05, 3.63) is 40.9 Å². The molecule has 0 bridgehead atoms. The summed E-state index contributed by atoms with van der Waals surface area (Å²) in [5, 5.41) is 4.62. The highest BCUT2D eigenvalue weighted by Crippen LogP contribution is 2.17. The largest absolute Gasteiger partial charge is 0.491 e. The number of hydrogen-bond donors (Lipinski definition) is 1. The van der Waals surface area contributed by atoms with Gasteiger partial charge < -0.3 is 15.0 Å². The minimum atomic E-state index is -0.210. The maximum atomic E-state index is 12.3. The Morgan fingerprint density at radius 1 is 1.35 bits per heavy atom. The van der Waals surface area contributed by atoms with Crippen molar-refractivity contribution in [2.45, 2.75) is 13.8 Å². The Balaban J connectivity index is 1.86. The molecule has 0 spiro atoms. The van der Waals surface area contributed by atoms with Crippen molar-refractivity contribution in [3.63, 3.8) is 0 Å². The first-order valence-corrected chi connectivity index (χ1v) is 8.02. The number of anilines is 1. The average Bonchev–Trinajstić information content (AvgIpc) is 2.96. The maximum Gasteiger partial charge on any atom is 0.273 e. The number of nitrogens with zero attached hydrogens (tertiary/aromatic N) is 2. The minimum Gasteiger partial charge on any atom is -0.491 e. The van der Waals surface area contributed by atoms with E-state index < -0.39 is 0 Å². The van der Waals surface area contributed by atoms with E-state index in [0.29, 0.717) is 24.0 Å². The number of rotatable bonds is 6. The fraction of sp³-hybridized carbons (Fsp3) is 0.312. The van der Waals surface area contributed by atoms with Crippen molar-refractivity contribution in [3.8, 4) is 5.75 Å². The minimum absolute atomic E-state index is 0.203. The van der Waals surface area contributed by atoms with Crippen LogP contribution in [0.1, 0.15) is 23.0 Å². The van der Waals surface area contributed by atoms with Crippen molar-refractivity contribution in [1.29, 1.82) is 0 Å². The SMILES string of the molecule is CC(=O)Nc1nc(C(=O)N(C)CCOc2ccccc2C)cs1. The van der Waals surface area contributed by atoms with E-state index in [1.54, 1.807) is 17.3 Å². The molecule has 2 aromatic rings. The summed E-state index contributed by atoms with van der Waals surface area (Å²) in [7, 11) is 1.70. The molecule has 6 nitrogen and oxygen atoms in total. The number of carbonyl (C=O) groups is 2. The number of benzene rings is 1. The van der Waals surface area contributed by atoms with Gasteiger partial charge in [0.2, 0.25) is 5.91 Å². The summed E-state index contributed by atoms with van der Waals surface area (Å²) in [6.45, 7) is 4.22. The van der Waals surface area contributed by atoms with Gasteiger partial charge in [0.1, 0.15) is 18.1 Å². The summed E-state index contributed by atoms with van der Waals surface area (Å²) in [6, 6.07) is 7.74. The zero-order chi connectivity index (χ0) is 16.8. The summed E-state index contributed by atoms with van der Waals surface area (Å²) in [5.74, 6) is 0.402. The van der Waals surface area contributed by atoms with Crippen LogP contribution in [0.2, 0.25) is 0 Å². The van der Waals surface area contributed by atoms with Crippen LogP contribution in [0.15, 0.2) is 29.6 Å². The molecule has 0 fully saturated rings. The standard InChI is InChI=1S/C16H19N3O3S/c1-11-6-4-5-7-14(11)22-9-8-19(3)15(21)13-10-23-16(18-13)17-12(2)20/h4-7,10H,8-9H2,1-3H3,(H,17,18,20). The van der Waals surface area contributed by atoms with Gasteiger partial charge in [0.15, 0.2) is 5.13 Å². The van der Waals surface area contributed by atoms with E-state index in [9.17, 15) is 9.59 Å². The van der Waals surface area contributed by atoms with Crippen LogP contribution >= 0.6 is 11.3 Å². The van der Waals surface area contributed by atoms with Crippen molar-refractivity contribution in [1.82, 2.24) is 9.88 Å². The number of aryl methyl sites for hydroxylation is 1. The molecule has 1 heterocycles. The topological polar surface area (TPSA) is 71.5 Å². The lowest BCUT2D eigenvalue weighted by Gasteiger charge is -2.17. The second-order valence-electron chi connectivity index (χ2n) is 5.06. The van der Waals surface area contributed by atoms with Gasteiger partial charge in [0.25, 0.3) is 5.91 Å². The molecule has 0 saturated heterocycles. The van der Waals surface area contributed by atoms with Gasteiger partial charge in [-0.05, 0) is 18.6 Å². The summed E-state index contributed by atoms with van der Waals surface area (Å²) >= 11 is 1.22. The molecule has 0 aliphatic heterocycles. The monoisotopic (exact) mass is 333 g/mol. The third-order valence-corrected chi connectivity index (χ3v) is 3.89. The van der Waals surface area contributed by atoms with Gasteiger partial charge in [0, 0.05) is 19.4 Å². The Bertz CT molecular complexity index is 699. The maximum absolute atomic E-state index is 12.3. The highest BCUT2D eigenvalue weighted by atomic mass is 32.1. The van der Waals surface area contributed by atoms with Crippen LogP contribution in [0.3, 0.4) is 0 Å². The van der Waals surface area contributed by atoms with Crippen molar-refractivity contribution in [2.75, 3.05) is 25.5 Å². The molecule has 0 aliphatic carbocycles. The van der Waals surface area contributed by atoms with Crippen molar-refractivity contribution in [2.24, 2.45) is 0 Å². The predicted octanol–water partition coefficient (Wildman–Crippen LogP) is 2.56. The Kier molecular flexibility index (Phi) is 5.70. The third kappa shape index (κ3) is 4.79. The van der Waals surface area contributed by atoms with Gasteiger partial charge >= 0.3 is 0 Å². The zero-order valence-electron chi connectivity index (χ0n) is 13.3. The van der Waals surface area contributed by atoms with E-state index >= 15 is 0 Å². The van der Waals surface area contributed by atoms with Crippen LogP contribution in [0, 0.1) is 6.92 Å². The smallest absolute Gasteiger partial charge is 0.273 e. The molecule has 2 rings (SSSR count). The number of para-hydroxylation sites is 1. The normalized spacial score (nSPS) is 10.2. The molecular formula is C16H19N3O3S. The van der Waals surface area contributed by atoms with Crippen LogP contribution < -0.4 is 10.1 Å². The fourth-order valence-electron chi connectivity index (χ4n) is 1.89. The lowest BCUT2D eigenvalue weighted by molar-refractivity contribution is -0.114. The van der Waals surface area contributed by atoms with Gasteiger partial charge in [-0.1, -0.05) is 18.2 Å². The lowest BCUT2D eigenvalue weighted by Crippen LogP contribution is -2.31. The fourth-order valence-corrected chi connectivity index (χ4v) is 2.62. The van der Waals surface area contributed by atoms with Gasteiger partial charge in [-0.2, -0.15) is 0 Å². The molecule has 0 unspecified atom stereocenters. The van der Waals surface area contributed by atoms with Crippen LogP contribution in [-0.4, -0.2) is 41.9 Å². The Hall–Kier alpha value is -2.41. The van der Waals surface area contributed by atoms with E-state index in [-0.39, 0.29) is 11.8 Å². The van der Waals surface area contributed by atoms with Gasteiger partial charge in [0.05, 0.1) is 6.54 Å². The van der Waals surface area contributed by atoms with Gasteiger partial charge in [-0.15, -0.1) is 11.3 Å². The molecule has 0 saturated carbocycles. The molecule has 7 heteroatoms.